The van der Waals surface area contributed by atoms with Gasteiger partial charge in [0.1, 0.15) is 19.8 Å². The molecule has 5 N–H and O–H groups in total. The maximum atomic E-state index is 11.6. The number of ether oxygens (including phenoxy) is 7. The van der Waals surface area contributed by atoms with Crippen molar-refractivity contribution in [2.75, 3.05) is 172 Å². The molecule has 0 aromatic rings. The predicted octanol–water partition coefficient (Wildman–Crippen LogP) is 4.06. The highest BCUT2D eigenvalue weighted by Crippen LogP contribution is 2.18. The summed E-state index contributed by atoms with van der Waals surface area (Å²) < 4.78 is 33.3. The first kappa shape index (κ1) is 112. The molecule has 8 saturated heterocycles. The lowest BCUT2D eigenvalue weighted by Gasteiger charge is -2.15. The smallest absolute Gasteiger partial charge is 0.331 e. The molecule has 8 fully saturated rings. The molecule has 0 aromatic carbocycles. The van der Waals surface area contributed by atoms with Crippen molar-refractivity contribution in [3.05, 3.63) is 72.9 Å². The molecule has 0 radical (unpaired) electrons. The van der Waals surface area contributed by atoms with E-state index in [9.17, 15) is 95.9 Å². The number of methoxy groups -OCH3 is 2. The highest BCUT2D eigenvalue weighted by Gasteiger charge is 2.26. The van der Waals surface area contributed by atoms with Crippen LogP contribution in [0.3, 0.4) is 0 Å². The number of esters is 7. The molecule has 0 atom stereocenters. The number of hydrogen-bond acceptors (Lipinski definition) is 27. The average molecular weight is 1840 g/mol. The van der Waals surface area contributed by atoms with Crippen molar-refractivity contribution < 1.29 is 139 Å². The SMILES string of the molecule is COC(=O)C=CC(=O)NCCCCCCN1CCCC1=O.COC(=O)C=CC(=O)OCCCCCCN1CCCC1=O.O=C(C=CC(=O)OCCN1CCCC1=O)NCCN1CCCC1=O.O=C(C=CC(=O)OCCN1CCCC1=O)OCCN1CCCC1=O.O=C(O)C=CC(=O)NCCCCCCN1CCCC1=O.O=C(O)C=CC(=O)OCCCCCCN1CCCC1=O. The Balaban J connectivity index is 0.000000403. The van der Waals surface area contributed by atoms with E-state index in [2.05, 4.69) is 25.4 Å². The quantitative estimate of drug-likeness (QED) is 0.0248. The van der Waals surface area contributed by atoms with Gasteiger partial charge in [0.15, 0.2) is 0 Å². The number of carboxylic acid groups (broad SMARTS) is 2. The van der Waals surface area contributed by atoms with Gasteiger partial charge in [0.05, 0.1) is 47.1 Å². The van der Waals surface area contributed by atoms with E-state index in [1.54, 1.807) is 19.6 Å². The number of hydrogen-bond donors (Lipinski definition) is 5. The third kappa shape index (κ3) is 55.5. The van der Waals surface area contributed by atoms with Crippen LogP contribution in [0.25, 0.3) is 0 Å². The van der Waals surface area contributed by atoms with E-state index in [1.165, 1.54) is 20.3 Å². The number of carboxylic acids is 2. The van der Waals surface area contributed by atoms with E-state index in [-0.39, 0.29) is 78.9 Å². The zero-order valence-electron chi connectivity index (χ0n) is 75.5. The summed E-state index contributed by atoms with van der Waals surface area (Å²) >= 11 is 0. The maximum absolute atomic E-state index is 11.6. The van der Waals surface area contributed by atoms with Crippen molar-refractivity contribution in [3.8, 4) is 0 Å². The van der Waals surface area contributed by atoms with Crippen LogP contribution in [0.5, 0.6) is 0 Å². The fourth-order valence-corrected chi connectivity index (χ4v) is 13.9. The zero-order chi connectivity index (χ0) is 95.3. The minimum atomic E-state index is -1.17. The van der Waals surface area contributed by atoms with Gasteiger partial charge in [-0.1, -0.05) is 38.5 Å². The van der Waals surface area contributed by atoms with Crippen molar-refractivity contribution in [2.45, 2.75) is 205 Å². The lowest BCUT2D eigenvalue weighted by atomic mass is 10.2. The molecule has 40 heteroatoms. The predicted molar refractivity (Wildman–Crippen MR) is 468 cm³/mol. The molecule has 0 aromatic heterocycles. The number of amides is 11. The summed E-state index contributed by atoms with van der Waals surface area (Å²) in [5.41, 5.74) is 0. The van der Waals surface area contributed by atoms with Crippen LogP contribution in [-0.2, 0) is 129 Å². The lowest BCUT2D eigenvalue weighted by Crippen LogP contribution is -2.34. The summed E-state index contributed by atoms with van der Waals surface area (Å²) in [7, 11) is 2.51. The van der Waals surface area contributed by atoms with Crippen LogP contribution < -0.4 is 16.0 Å². The number of likely N-dealkylation sites (tertiary alicyclic amines) is 8. The average Bonchev–Trinajstić information content (AvgIpc) is 1.82. The Morgan fingerprint density at radius 2 is 0.438 bits per heavy atom. The molecule has 0 spiro atoms. The molecule has 130 heavy (non-hydrogen) atoms. The third-order valence-corrected chi connectivity index (χ3v) is 20.9. The minimum absolute atomic E-state index is 0.0710. The van der Waals surface area contributed by atoms with Crippen LogP contribution >= 0.6 is 0 Å². The molecular weight excluding hydrogens is 1700 g/mol. The highest BCUT2D eigenvalue weighted by molar-refractivity contribution is 5.97. The first-order chi connectivity index (χ1) is 62.6. The van der Waals surface area contributed by atoms with Gasteiger partial charge in [-0.2, -0.15) is 0 Å². The van der Waals surface area contributed by atoms with Crippen LogP contribution in [0.1, 0.15) is 205 Å². The Morgan fingerprint density at radius 1 is 0.238 bits per heavy atom. The van der Waals surface area contributed by atoms with Crippen LogP contribution in [-0.4, -0.2) is 340 Å². The molecule has 8 rings (SSSR count). The van der Waals surface area contributed by atoms with E-state index in [1.807, 2.05) is 19.6 Å². The van der Waals surface area contributed by atoms with Crippen LogP contribution in [0.15, 0.2) is 72.9 Å². The van der Waals surface area contributed by atoms with E-state index in [4.69, 9.17) is 33.9 Å². The molecule has 8 aliphatic rings. The van der Waals surface area contributed by atoms with Gasteiger partial charge < -0.3 is 98.5 Å². The van der Waals surface area contributed by atoms with E-state index < -0.39 is 59.6 Å². The van der Waals surface area contributed by atoms with E-state index in [0.717, 1.165) is 280 Å². The Kier molecular flexibility index (Phi) is 60.2. The Hall–Kier alpha value is -12.2. The van der Waals surface area contributed by atoms with Crippen molar-refractivity contribution in [3.63, 3.8) is 0 Å². The lowest BCUT2D eigenvalue weighted by molar-refractivity contribution is -0.142. The van der Waals surface area contributed by atoms with Gasteiger partial charge in [-0.3, -0.25) is 52.7 Å². The first-order valence-corrected chi connectivity index (χ1v) is 45.2. The molecule has 40 nitrogen and oxygen atoms in total. The molecular formula is C90H135N11O29. The fourth-order valence-electron chi connectivity index (χ4n) is 13.9. The van der Waals surface area contributed by atoms with Crippen LogP contribution in [0.4, 0.5) is 0 Å². The largest absolute Gasteiger partial charge is 0.478 e. The van der Waals surface area contributed by atoms with Gasteiger partial charge in [0.25, 0.3) is 0 Å². The number of nitrogens with one attached hydrogen (secondary N) is 3. The van der Waals surface area contributed by atoms with Crippen LogP contribution in [0.2, 0.25) is 0 Å². The van der Waals surface area contributed by atoms with Gasteiger partial charge in [-0.15, -0.1) is 0 Å². The Bertz CT molecular complexity index is 3510. The number of aliphatic carboxylic acids is 2. The minimum Gasteiger partial charge on any atom is -0.478 e. The van der Waals surface area contributed by atoms with Crippen molar-refractivity contribution in [1.82, 2.24) is 55.1 Å². The molecule has 0 unspecified atom stereocenters. The summed E-state index contributed by atoms with van der Waals surface area (Å²) in [5.74, 6) is -6.20. The second-order valence-electron chi connectivity index (χ2n) is 31.0. The third-order valence-electron chi connectivity index (χ3n) is 20.9. The molecule has 0 saturated carbocycles. The summed E-state index contributed by atoms with van der Waals surface area (Å²) in [6, 6.07) is 0. The summed E-state index contributed by atoms with van der Waals surface area (Å²) in [6.45, 7) is 13.8. The van der Waals surface area contributed by atoms with E-state index >= 15 is 0 Å². The number of carbonyl (C=O) groups excluding carboxylic acids is 18. The van der Waals surface area contributed by atoms with E-state index in [0.29, 0.717) is 130 Å². The molecule has 0 bridgehead atoms. The first-order valence-electron chi connectivity index (χ1n) is 45.2. The number of carbonyl (C=O) groups is 20. The summed E-state index contributed by atoms with van der Waals surface area (Å²) in [4.78, 5) is 238. The second-order valence-corrected chi connectivity index (χ2v) is 31.0. The molecule has 11 amide bonds. The zero-order valence-corrected chi connectivity index (χ0v) is 75.5. The molecule has 8 aliphatic heterocycles. The van der Waals surface area contributed by atoms with Crippen LogP contribution in [0, 0.1) is 0 Å². The fraction of sp³-hybridized carbons (Fsp3) is 0.644. The summed E-state index contributed by atoms with van der Waals surface area (Å²) in [5, 5.41) is 24.6. The standard InChI is InChI=1S/C16H23N3O5.C16H22N2O6.C15H24N2O4.C15H23NO5.C14H22N2O4.C14H21NO5/c20-13(17-7-10-18-8-1-3-14(18)21)5-6-16(23)24-12-11-19-9-2-4-15(19)22;19-13-3-1-7-17(13)9-11-23-15(21)5-6-16(22)24-12-10-18-8-2-4-14(18)20;1-21-15(20)9-8-13(18)16-10-4-2-3-5-11-17-12-6-7-14(17)19;1-20-14(18)8-9-15(19)21-12-5-3-2-4-10-16-11-6-7-13(16)17;17-12(7-8-14(19)20)15-9-3-1-2-4-10-16-11-5-6-13(16)18;16-12-6-5-10-15(12)9-3-1-2-4-11-20-14(19)8-7-13(17)18/h5-6H,1-4,7-12H2,(H,17,20);5-6H,1-4,7-12H2;8-9H,2-7,10-12H2,1H3,(H,16,18);8-9H,2-7,10-12H2,1H3;7-8H,1-6,9-11H2,(H,15,17)(H,19,20);7-8H,1-6,9-11H2,(H,17,18). The second kappa shape index (κ2) is 69.8. The van der Waals surface area contributed by atoms with Crippen molar-refractivity contribution in [1.29, 1.82) is 0 Å². The molecule has 724 valence electrons. The Labute approximate surface area is 759 Å². The number of nitrogens with zero attached hydrogens (tertiary/aromatic N) is 8. The van der Waals surface area contributed by atoms with Crippen molar-refractivity contribution in [2.24, 2.45) is 0 Å². The molecule has 0 aliphatic carbocycles. The topological polar surface area (TPSA) is 508 Å². The van der Waals surface area contributed by atoms with Gasteiger partial charge in [0.2, 0.25) is 65.0 Å². The van der Waals surface area contributed by atoms with Crippen molar-refractivity contribution >= 4 is 119 Å². The van der Waals surface area contributed by atoms with Gasteiger partial charge in [0, 0.05) is 229 Å². The Morgan fingerprint density at radius 3 is 0.700 bits per heavy atom. The highest BCUT2D eigenvalue weighted by atomic mass is 16.6. The van der Waals surface area contributed by atoms with Gasteiger partial charge in [-0.25, -0.2) is 43.2 Å². The maximum Gasteiger partial charge on any atom is 0.331 e. The van der Waals surface area contributed by atoms with Gasteiger partial charge in [-0.05, 0) is 116 Å². The number of rotatable bonds is 52. The monoisotopic (exact) mass is 1830 g/mol. The number of unbranched alkanes of at least 4 members (excludes halogenated alkanes) is 12. The normalized spacial score (nSPS) is 16.0. The summed E-state index contributed by atoms with van der Waals surface area (Å²) in [6.07, 6.45) is 39.5. The molecule has 8 heterocycles. The van der Waals surface area contributed by atoms with Gasteiger partial charge >= 0.3 is 53.7 Å².